The molecule has 2 aliphatic heterocycles. The highest BCUT2D eigenvalue weighted by molar-refractivity contribution is 8.00. The molecule has 8 nitrogen and oxygen atoms in total. The molecular weight excluding hydrogens is 546 g/mol. The molecule has 2 bridgehead atoms. The topological polar surface area (TPSA) is 99.8 Å². The first-order valence-electron chi connectivity index (χ1n) is 13.6. The highest BCUT2D eigenvalue weighted by Gasteiger charge is 2.69. The molecule has 2 amide bonds. The number of ether oxygens (including phenoxy) is 1. The van der Waals surface area contributed by atoms with E-state index >= 15 is 0 Å². The molecule has 7 atom stereocenters. The second kappa shape index (κ2) is 9.34. The average molecular weight is 576 g/mol. The van der Waals surface area contributed by atoms with Crippen LogP contribution >= 0.6 is 23.1 Å². The van der Waals surface area contributed by atoms with Crippen LogP contribution in [-0.4, -0.2) is 48.7 Å². The van der Waals surface area contributed by atoms with Crippen LogP contribution in [0, 0.1) is 29.6 Å². The zero-order valence-corrected chi connectivity index (χ0v) is 24.0. The second-order valence-electron chi connectivity index (χ2n) is 11.2. The number of benzene rings is 2. The lowest BCUT2D eigenvalue weighted by atomic mass is 9.68. The predicted molar refractivity (Wildman–Crippen MR) is 154 cm³/mol. The van der Waals surface area contributed by atoms with Gasteiger partial charge in [-0.1, -0.05) is 23.5 Å². The largest absolute Gasteiger partial charge is 0.462 e. The Morgan fingerprint density at radius 3 is 2.33 bits per heavy atom. The van der Waals surface area contributed by atoms with Gasteiger partial charge in [0.15, 0.2) is 0 Å². The van der Waals surface area contributed by atoms with Gasteiger partial charge in [-0.2, -0.15) is 0 Å². The van der Waals surface area contributed by atoms with Crippen LogP contribution in [0.2, 0.25) is 0 Å². The Morgan fingerprint density at radius 2 is 1.68 bits per heavy atom. The Labute approximate surface area is 239 Å². The second-order valence-corrected chi connectivity index (χ2v) is 13.4. The maximum atomic E-state index is 13.9. The minimum absolute atomic E-state index is 0.00169. The lowest BCUT2D eigenvalue weighted by Crippen LogP contribution is -2.42. The van der Waals surface area contributed by atoms with E-state index in [4.69, 9.17) is 4.74 Å². The van der Waals surface area contributed by atoms with E-state index in [1.54, 1.807) is 43.0 Å². The molecule has 2 aliphatic carbocycles. The Kier molecular flexibility index (Phi) is 5.98. The molecule has 1 saturated heterocycles. The molecule has 1 N–H and O–H groups in total. The number of aromatic amines is 1. The fourth-order valence-corrected chi connectivity index (χ4v) is 10.5. The standard InChI is InChI=1S/C30H29N3O5S2/c1-4-38-29(36)15-7-11-17(12-8-15)33-27(34)22-18-13-19(23(22)28(33)35)24-21(18)20(25-26(39-24)31-30(37)40-25)14-5-9-16(10-6-14)32(2)3/h5-12,18-24H,4,13H2,1-3H3,(H,31,37)/t18-,19-,20?,21?,22?,23?,24?/m1/s1. The number of anilines is 2. The zero-order chi connectivity index (χ0) is 27.9. The summed E-state index contributed by atoms with van der Waals surface area (Å²) in [5, 5.41) is 1.05. The van der Waals surface area contributed by atoms with Crippen LogP contribution in [0.5, 0.6) is 0 Å². The molecule has 3 fully saturated rings. The number of thioether (sulfide) groups is 1. The van der Waals surface area contributed by atoms with Crippen molar-refractivity contribution in [1.82, 2.24) is 4.98 Å². The van der Waals surface area contributed by atoms with E-state index in [1.165, 1.54) is 16.2 Å². The van der Waals surface area contributed by atoms with E-state index in [1.807, 2.05) is 14.1 Å². The van der Waals surface area contributed by atoms with E-state index in [2.05, 4.69) is 34.1 Å². The summed E-state index contributed by atoms with van der Waals surface area (Å²) in [5.74, 6) is -1.20. The summed E-state index contributed by atoms with van der Waals surface area (Å²) in [6.07, 6.45) is 0.843. The molecule has 5 unspecified atom stereocenters. The number of amides is 2. The molecule has 10 heteroatoms. The molecule has 0 spiro atoms. The lowest BCUT2D eigenvalue weighted by Gasteiger charge is -2.43. The number of esters is 1. The number of thiazole rings is 1. The van der Waals surface area contributed by atoms with E-state index < -0.39 is 5.97 Å². The van der Waals surface area contributed by atoms with Gasteiger partial charge in [-0.15, -0.1) is 11.8 Å². The molecule has 206 valence electrons. The molecule has 4 aliphatic rings. The highest BCUT2D eigenvalue weighted by atomic mass is 32.2. The van der Waals surface area contributed by atoms with Crippen LogP contribution in [0.1, 0.15) is 40.1 Å². The van der Waals surface area contributed by atoms with E-state index in [0.29, 0.717) is 11.3 Å². The molecular formula is C30H29N3O5S2. The highest BCUT2D eigenvalue weighted by Crippen LogP contribution is 2.68. The van der Waals surface area contributed by atoms with Crippen molar-refractivity contribution in [3.8, 4) is 0 Å². The Bertz CT molecular complexity index is 1580. The monoisotopic (exact) mass is 575 g/mol. The number of fused-ring (bicyclic) bond motifs is 9. The number of hydrogen-bond donors (Lipinski definition) is 1. The van der Waals surface area contributed by atoms with Crippen molar-refractivity contribution < 1.29 is 19.1 Å². The number of nitrogens with zero attached hydrogens (tertiary/aromatic N) is 2. The third kappa shape index (κ3) is 3.65. The van der Waals surface area contributed by atoms with Crippen LogP contribution in [0.25, 0.3) is 0 Å². The third-order valence-electron chi connectivity index (χ3n) is 9.13. The summed E-state index contributed by atoms with van der Waals surface area (Å²) in [4.78, 5) is 59.8. The van der Waals surface area contributed by atoms with Crippen molar-refractivity contribution in [3.63, 3.8) is 0 Å². The smallest absolute Gasteiger partial charge is 0.338 e. The number of rotatable bonds is 5. The van der Waals surface area contributed by atoms with Gasteiger partial charge in [0, 0.05) is 35.8 Å². The van der Waals surface area contributed by atoms with Crippen molar-refractivity contribution in [1.29, 1.82) is 0 Å². The summed E-state index contributed by atoms with van der Waals surface area (Å²) in [6.45, 7) is 2.02. The summed E-state index contributed by atoms with van der Waals surface area (Å²) in [5.41, 5.74) is 3.12. The minimum Gasteiger partial charge on any atom is -0.462 e. The van der Waals surface area contributed by atoms with Gasteiger partial charge in [-0.25, -0.2) is 4.79 Å². The van der Waals surface area contributed by atoms with Gasteiger partial charge in [0.1, 0.15) is 0 Å². The van der Waals surface area contributed by atoms with Gasteiger partial charge in [0.05, 0.1) is 34.7 Å². The number of H-pyrrole nitrogens is 1. The molecule has 3 heterocycles. The van der Waals surface area contributed by atoms with Crippen LogP contribution in [0.3, 0.4) is 0 Å². The average Bonchev–Trinajstić information content (AvgIpc) is 3.67. The summed E-state index contributed by atoms with van der Waals surface area (Å²) >= 11 is 2.96. The third-order valence-corrected chi connectivity index (χ3v) is 11.7. The first-order valence-corrected chi connectivity index (χ1v) is 15.3. The molecule has 7 rings (SSSR count). The maximum absolute atomic E-state index is 13.9. The summed E-state index contributed by atoms with van der Waals surface area (Å²) in [7, 11) is 4.01. The molecule has 2 saturated carbocycles. The normalized spacial score (nSPS) is 29.8. The van der Waals surface area contributed by atoms with Crippen LogP contribution in [0.4, 0.5) is 11.4 Å². The molecule has 0 radical (unpaired) electrons. The SMILES string of the molecule is CCOC(=O)c1ccc(N2C(=O)C3C(C2=O)[C@@H]2C[C@H]3C3Sc4[nH]c(=O)sc4C(c4ccc(N(C)C)cc4)C32)cc1. The summed E-state index contributed by atoms with van der Waals surface area (Å²) in [6, 6.07) is 15.0. The minimum atomic E-state index is -0.431. The fraction of sp³-hybridized carbons (Fsp3) is 0.400. The molecule has 3 aromatic rings. The van der Waals surface area contributed by atoms with Crippen molar-refractivity contribution in [2.75, 3.05) is 30.5 Å². The Hall–Kier alpha value is -3.37. The van der Waals surface area contributed by atoms with E-state index in [0.717, 1.165) is 27.6 Å². The number of carbonyl (C=O) groups excluding carboxylic acids is 3. The van der Waals surface area contributed by atoms with Gasteiger partial charge in [0.2, 0.25) is 11.8 Å². The number of imide groups is 1. The molecule has 40 heavy (non-hydrogen) atoms. The first-order chi connectivity index (χ1) is 19.3. The van der Waals surface area contributed by atoms with Gasteiger partial charge in [-0.3, -0.25) is 19.3 Å². The fourth-order valence-electron chi connectivity index (χ4n) is 7.59. The first kappa shape index (κ1) is 25.6. The summed E-state index contributed by atoms with van der Waals surface area (Å²) < 4.78 is 5.07. The van der Waals surface area contributed by atoms with Gasteiger partial charge in [-0.05, 0) is 73.1 Å². The van der Waals surface area contributed by atoms with Crippen molar-refractivity contribution in [2.24, 2.45) is 29.6 Å². The predicted octanol–water partition coefficient (Wildman–Crippen LogP) is 4.36. The van der Waals surface area contributed by atoms with E-state index in [-0.39, 0.29) is 64.1 Å². The zero-order valence-electron chi connectivity index (χ0n) is 22.3. The Morgan fingerprint density at radius 1 is 1.00 bits per heavy atom. The molecule has 2 aromatic carbocycles. The van der Waals surface area contributed by atoms with Crippen LogP contribution in [0.15, 0.2) is 58.4 Å². The maximum Gasteiger partial charge on any atom is 0.338 e. The van der Waals surface area contributed by atoms with Crippen LogP contribution in [-0.2, 0) is 14.3 Å². The van der Waals surface area contributed by atoms with Gasteiger partial charge in [0.25, 0.3) is 0 Å². The van der Waals surface area contributed by atoms with Crippen LogP contribution < -0.4 is 14.7 Å². The Balaban J connectivity index is 1.24. The van der Waals surface area contributed by atoms with Crippen molar-refractivity contribution in [2.45, 2.75) is 29.5 Å². The molecule has 1 aromatic heterocycles. The number of aromatic nitrogens is 1. The van der Waals surface area contributed by atoms with Gasteiger partial charge >= 0.3 is 10.8 Å². The van der Waals surface area contributed by atoms with Crippen molar-refractivity contribution in [3.05, 3.63) is 74.2 Å². The van der Waals surface area contributed by atoms with Crippen molar-refractivity contribution >= 4 is 52.3 Å². The van der Waals surface area contributed by atoms with Gasteiger partial charge < -0.3 is 14.6 Å². The number of carbonyl (C=O) groups is 3. The lowest BCUT2D eigenvalue weighted by molar-refractivity contribution is -0.123. The quantitative estimate of drug-likeness (QED) is 0.357. The number of nitrogens with one attached hydrogen (secondary N) is 1. The number of hydrogen-bond acceptors (Lipinski definition) is 8. The van der Waals surface area contributed by atoms with E-state index in [9.17, 15) is 19.2 Å².